The van der Waals surface area contributed by atoms with Gasteiger partial charge in [-0.15, -0.1) is 0 Å². The largest absolute Gasteiger partial charge is 0.417 e. The molecule has 1 aromatic heterocycles. The highest BCUT2D eigenvalue weighted by atomic mass is 35.5. The zero-order valence-electron chi connectivity index (χ0n) is 24.4. The minimum atomic E-state index is -4.72. The van der Waals surface area contributed by atoms with Gasteiger partial charge in [0.1, 0.15) is 16.7 Å². The summed E-state index contributed by atoms with van der Waals surface area (Å²) in [4.78, 5) is 45.5. The average molecular weight is 687 g/mol. The molecule has 15 heteroatoms. The van der Waals surface area contributed by atoms with Crippen molar-refractivity contribution in [3.05, 3.63) is 101 Å². The van der Waals surface area contributed by atoms with E-state index in [1.807, 2.05) is 0 Å². The summed E-state index contributed by atoms with van der Waals surface area (Å²) in [5, 5.41) is 2.93. The summed E-state index contributed by atoms with van der Waals surface area (Å²) >= 11 is 5.69. The van der Waals surface area contributed by atoms with E-state index in [1.165, 1.54) is 40.3 Å². The van der Waals surface area contributed by atoms with Gasteiger partial charge in [-0.25, -0.2) is 4.79 Å². The van der Waals surface area contributed by atoms with Crippen LogP contribution < -0.4 is 9.50 Å². The molecule has 0 radical (unpaired) electrons. The Hall–Kier alpha value is -4.69. The van der Waals surface area contributed by atoms with Crippen LogP contribution in [0.1, 0.15) is 34.3 Å². The number of hydrogen-bond donors (Lipinski definition) is 1. The molecule has 10 nitrogen and oxygen atoms in total. The van der Waals surface area contributed by atoms with Gasteiger partial charge < -0.3 is 14.0 Å². The SMILES string of the molecule is O=C1NC(=O)N(C2CCN(C(=O)c3ccc(Cl)c(C(F)(F)F)c3)CC2)C1Cc1ccc(OS(=O)(=O)c2cccc3cnccc23)cc1. The Labute approximate surface area is 272 Å². The Morgan fingerprint density at radius 3 is 2.45 bits per heavy atom. The van der Waals surface area contributed by atoms with E-state index in [1.54, 1.807) is 36.5 Å². The zero-order chi connectivity index (χ0) is 33.5. The van der Waals surface area contributed by atoms with E-state index in [0.29, 0.717) is 29.2 Å². The van der Waals surface area contributed by atoms with Crippen LogP contribution >= 0.6 is 11.6 Å². The molecule has 47 heavy (non-hydrogen) atoms. The predicted octanol–water partition coefficient (Wildman–Crippen LogP) is 5.44. The number of hydrogen-bond acceptors (Lipinski definition) is 7. The maximum absolute atomic E-state index is 13.3. The number of aromatic nitrogens is 1. The summed E-state index contributed by atoms with van der Waals surface area (Å²) in [5.41, 5.74) is -0.609. The number of nitrogens with one attached hydrogen (secondary N) is 1. The van der Waals surface area contributed by atoms with Crippen LogP contribution in [0.5, 0.6) is 5.75 Å². The number of imide groups is 1. The average Bonchev–Trinajstić information content (AvgIpc) is 3.32. The van der Waals surface area contributed by atoms with Crippen molar-refractivity contribution in [2.75, 3.05) is 13.1 Å². The number of nitrogens with zero attached hydrogens (tertiary/aromatic N) is 3. The molecular formula is C32H26ClF3N4O6S. The molecule has 0 bridgehead atoms. The number of urea groups is 1. The van der Waals surface area contributed by atoms with Crippen LogP contribution in [0, 0.1) is 0 Å². The Bertz CT molecular complexity index is 1980. The lowest BCUT2D eigenvalue weighted by atomic mass is 9.98. The Balaban J connectivity index is 1.11. The van der Waals surface area contributed by atoms with Gasteiger partial charge in [0.2, 0.25) is 0 Å². The molecule has 3 aromatic carbocycles. The summed E-state index contributed by atoms with van der Waals surface area (Å²) in [6.07, 6.45) is -0.938. The number of likely N-dealkylation sites (tertiary alicyclic amines) is 1. The van der Waals surface area contributed by atoms with Crippen molar-refractivity contribution in [3.63, 3.8) is 0 Å². The molecule has 244 valence electrons. The summed E-state index contributed by atoms with van der Waals surface area (Å²) in [5.74, 6) is -1.03. The topological polar surface area (TPSA) is 126 Å². The number of carbonyl (C=O) groups excluding carboxylic acids is 3. The molecule has 3 heterocycles. The van der Waals surface area contributed by atoms with E-state index in [4.69, 9.17) is 15.8 Å². The highest BCUT2D eigenvalue weighted by Crippen LogP contribution is 2.36. The number of amides is 4. The molecule has 2 saturated heterocycles. The molecule has 0 aliphatic carbocycles. The van der Waals surface area contributed by atoms with Gasteiger partial charge >= 0.3 is 22.3 Å². The van der Waals surface area contributed by atoms with Crippen LogP contribution in [0.15, 0.2) is 84.0 Å². The van der Waals surface area contributed by atoms with Crippen LogP contribution in [-0.2, 0) is 27.5 Å². The standard InChI is InChI=1S/C32H26ClF3N4O6S/c33-26-9-6-20(17-25(26)32(34,35)36)30(42)39-14-11-22(12-15-39)40-27(29(41)38-31(40)43)16-19-4-7-23(8-5-19)46-47(44,45)28-3-1-2-21-18-37-13-10-24(21)28/h1-10,13,17-18,22,27H,11-12,14-16H2,(H,38,41,43). The Morgan fingerprint density at radius 1 is 1.02 bits per heavy atom. The number of benzene rings is 3. The third kappa shape index (κ3) is 6.60. The van der Waals surface area contributed by atoms with Crippen molar-refractivity contribution >= 4 is 50.3 Å². The lowest BCUT2D eigenvalue weighted by molar-refractivity contribution is -0.137. The number of carbonyl (C=O) groups is 3. The Morgan fingerprint density at radius 2 is 1.74 bits per heavy atom. The van der Waals surface area contributed by atoms with E-state index in [9.17, 15) is 36.0 Å². The van der Waals surface area contributed by atoms with Crippen LogP contribution in [0.25, 0.3) is 10.8 Å². The number of piperidine rings is 1. The molecule has 2 aliphatic heterocycles. The molecule has 2 fully saturated rings. The fourth-order valence-electron chi connectivity index (χ4n) is 5.92. The molecule has 1 unspecified atom stereocenters. The van der Waals surface area contributed by atoms with Crippen molar-refractivity contribution in [1.82, 2.24) is 20.1 Å². The lowest BCUT2D eigenvalue weighted by Gasteiger charge is -2.38. The normalized spacial score (nSPS) is 17.7. The fourth-order valence-corrected chi connectivity index (χ4v) is 7.30. The van der Waals surface area contributed by atoms with Crippen LogP contribution in [-0.4, -0.2) is 66.2 Å². The first-order valence-electron chi connectivity index (χ1n) is 14.5. The van der Waals surface area contributed by atoms with E-state index >= 15 is 0 Å². The number of pyridine rings is 1. The van der Waals surface area contributed by atoms with Gasteiger partial charge in [-0.3, -0.25) is 19.9 Å². The smallest absolute Gasteiger partial charge is 0.379 e. The fraction of sp³-hybridized carbons (Fsp3) is 0.250. The van der Waals surface area contributed by atoms with E-state index in [0.717, 1.165) is 12.1 Å². The van der Waals surface area contributed by atoms with Crippen molar-refractivity contribution in [3.8, 4) is 5.75 Å². The second-order valence-corrected chi connectivity index (χ2v) is 13.1. The van der Waals surface area contributed by atoms with Crippen LogP contribution in [0.2, 0.25) is 5.02 Å². The predicted molar refractivity (Wildman–Crippen MR) is 164 cm³/mol. The van der Waals surface area contributed by atoms with Gasteiger partial charge in [-0.05, 0) is 60.9 Å². The molecule has 4 aromatic rings. The molecule has 6 rings (SSSR count). The second kappa shape index (κ2) is 12.5. The van der Waals surface area contributed by atoms with E-state index in [-0.39, 0.29) is 35.7 Å². The molecular weight excluding hydrogens is 661 g/mol. The van der Waals surface area contributed by atoms with Gasteiger partial charge in [0, 0.05) is 54.3 Å². The second-order valence-electron chi connectivity index (χ2n) is 11.2. The van der Waals surface area contributed by atoms with Crippen molar-refractivity contribution in [2.24, 2.45) is 0 Å². The molecule has 1 N–H and O–H groups in total. The molecule has 1 atom stereocenters. The van der Waals surface area contributed by atoms with Crippen molar-refractivity contribution < 1.29 is 40.2 Å². The lowest BCUT2D eigenvalue weighted by Crippen LogP contribution is -2.50. The highest BCUT2D eigenvalue weighted by Gasteiger charge is 2.43. The third-order valence-electron chi connectivity index (χ3n) is 8.24. The maximum Gasteiger partial charge on any atom is 0.417 e. The number of rotatable bonds is 7. The summed E-state index contributed by atoms with van der Waals surface area (Å²) < 4.78 is 71.4. The van der Waals surface area contributed by atoms with Gasteiger partial charge in [0.15, 0.2) is 0 Å². The molecule has 0 spiro atoms. The molecule has 2 aliphatic rings. The minimum absolute atomic E-state index is 0.00905. The van der Waals surface area contributed by atoms with Crippen molar-refractivity contribution in [1.29, 1.82) is 0 Å². The van der Waals surface area contributed by atoms with Gasteiger partial charge in [0.05, 0.1) is 10.6 Å². The van der Waals surface area contributed by atoms with Crippen LogP contribution in [0.3, 0.4) is 0 Å². The first kappa shape index (κ1) is 32.3. The number of fused-ring (bicyclic) bond motifs is 1. The highest BCUT2D eigenvalue weighted by molar-refractivity contribution is 7.87. The third-order valence-corrected chi connectivity index (χ3v) is 9.87. The quantitative estimate of drug-likeness (QED) is 0.203. The van der Waals surface area contributed by atoms with Crippen molar-refractivity contribution in [2.45, 2.75) is 42.4 Å². The van der Waals surface area contributed by atoms with E-state index < -0.39 is 56.8 Å². The zero-order valence-corrected chi connectivity index (χ0v) is 26.0. The van der Waals surface area contributed by atoms with Gasteiger partial charge in [-0.2, -0.15) is 21.6 Å². The van der Waals surface area contributed by atoms with Crippen LogP contribution in [0.4, 0.5) is 18.0 Å². The first-order valence-corrected chi connectivity index (χ1v) is 16.3. The molecule has 0 saturated carbocycles. The van der Waals surface area contributed by atoms with Gasteiger partial charge in [0.25, 0.3) is 11.8 Å². The Kier molecular flexibility index (Phi) is 8.57. The summed E-state index contributed by atoms with van der Waals surface area (Å²) in [7, 11) is -4.18. The van der Waals surface area contributed by atoms with Gasteiger partial charge in [-0.1, -0.05) is 35.9 Å². The van der Waals surface area contributed by atoms with E-state index in [2.05, 4.69) is 10.3 Å². The number of alkyl halides is 3. The maximum atomic E-state index is 13.3. The number of halogens is 4. The summed E-state index contributed by atoms with van der Waals surface area (Å²) in [6.45, 7) is 0.317. The first-order chi connectivity index (χ1) is 22.3. The minimum Gasteiger partial charge on any atom is -0.379 e. The molecule has 4 amide bonds. The summed E-state index contributed by atoms with van der Waals surface area (Å²) in [6, 6.07) is 13.7. The monoisotopic (exact) mass is 686 g/mol.